The van der Waals surface area contributed by atoms with Gasteiger partial charge in [0.1, 0.15) is 11.6 Å². The van der Waals surface area contributed by atoms with Crippen LogP contribution in [-0.2, 0) is 16.4 Å². The van der Waals surface area contributed by atoms with E-state index in [0.717, 1.165) is 5.56 Å². The van der Waals surface area contributed by atoms with Crippen molar-refractivity contribution in [1.82, 2.24) is 10.3 Å². The summed E-state index contributed by atoms with van der Waals surface area (Å²) in [5.41, 5.74) is 0.802. The summed E-state index contributed by atoms with van der Waals surface area (Å²) in [6.07, 6.45) is 3.53. The topological polar surface area (TPSA) is 62.3 Å². The highest BCUT2D eigenvalue weighted by Gasteiger charge is 2.25. The molecule has 1 aromatic heterocycles. The molecule has 0 unspecified atom stereocenters. The predicted octanol–water partition coefficient (Wildman–Crippen LogP) is 0.707. The number of nitrogens with zero attached hydrogens (tertiary/aromatic N) is 2. The third-order valence-corrected chi connectivity index (χ3v) is 5.32. The molecule has 2 aliphatic rings. The van der Waals surface area contributed by atoms with Crippen LogP contribution >= 0.6 is 0 Å². The van der Waals surface area contributed by atoms with Gasteiger partial charge < -0.3 is 10.2 Å². The van der Waals surface area contributed by atoms with E-state index in [-0.39, 0.29) is 17.3 Å². The fourth-order valence-corrected chi connectivity index (χ4v) is 3.56. The summed E-state index contributed by atoms with van der Waals surface area (Å²) in [5.74, 6) is 0.628. The quantitative estimate of drug-likeness (QED) is 0.887. The van der Waals surface area contributed by atoms with Crippen LogP contribution in [0.4, 0.5) is 10.2 Å². The van der Waals surface area contributed by atoms with Gasteiger partial charge in [0.2, 0.25) is 0 Å². The number of pyridine rings is 1. The van der Waals surface area contributed by atoms with Crippen molar-refractivity contribution in [1.29, 1.82) is 0 Å². The third-order valence-electron chi connectivity index (χ3n) is 3.71. The Labute approximate surface area is 118 Å². The number of rotatable bonds is 4. The number of sulfone groups is 1. The predicted molar refractivity (Wildman–Crippen MR) is 74.9 cm³/mol. The molecule has 5 nitrogen and oxygen atoms in total. The molecule has 1 aliphatic carbocycles. The van der Waals surface area contributed by atoms with Gasteiger partial charge in [0, 0.05) is 31.2 Å². The van der Waals surface area contributed by atoms with Crippen LogP contribution in [0, 0.1) is 5.82 Å². The second-order valence-electron chi connectivity index (χ2n) is 5.43. The maximum absolute atomic E-state index is 13.4. The molecule has 7 heteroatoms. The van der Waals surface area contributed by atoms with Crippen molar-refractivity contribution in [2.45, 2.75) is 25.4 Å². The summed E-state index contributed by atoms with van der Waals surface area (Å²) in [6.45, 7) is 1.43. The largest absolute Gasteiger partial charge is 0.354 e. The normalized spacial score (nSPS) is 21.9. The number of hydrogen-bond acceptors (Lipinski definition) is 5. The maximum Gasteiger partial charge on any atom is 0.153 e. The molecule has 110 valence electrons. The minimum atomic E-state index is -2.92. The van der Waals surface area contributed by atoms with Gasteiger partial charge in [-0.25, -0.2) is 17.8 Å². The second-order valence-corrected chi connectivity index (χ2v) is 7.73. The Balaban J connectivity index is 1.77. The van der Waals surface area contributed by atoms with Crippen LogP contribution in [-0.4, -0.2) is 44.0 Å². The molecule has 0 spiro atoms. The molecule has 0 aromatic carbocycles. The van der Waals surface area contributed by atoms with Gasteiger partial charge >= 0.3 is 0 Å². The third kappa shape index (κ3) is 3.27. The fourth-order valence-electron chi connectivity index (χ4n) is 2.35. The Morgan fingerprint density at radius 2 is 2.05 bits per heavy atom. The molecule has 20 heavy (non-hydrogen) atoms. The number of hydrogen-bond donors (Lipinski definition) is 1. The lowest BCUT2D eigenvalue weighted by Crippen LogP contribution is -2.41. The van der Waals surface area contributed by atoms with Gasteiger partial charge in [0.05, 0.1) is 17.7 Å². The van der Waals surface area contributed by atoms with Gasteiger partial charge in [-0.05, 0) is 18.9 Å². The van der Waals surface area contributed by atoms with Crippen molar-refractivity contribution in [2.24, 2.45) is 0 Å². The van der Waals surface area contributed by atoms with E-state index in [1.54, 1.807) is 0 Å². The fraction of sp³-hybridized carbons (Fsp3) is 0.615. The Bertz CT molecular complexity index is 588. The average Bonchev–Trinajstić information content (AvgIpc) is 3.21. The minimum absolute atomic E-state index is 0.140. The minimum Gasteiger partial charge on any atom is -0.354 e. The van der Waals surface area contributed by atoms with Gasteiger partial charge in [-0.2, -0.15) is 0 Å². The highest BCUT2D eigenvalue weighted by Crippen LogP contribution is 2.23. The Hall–Kier alpha value is -1.21. The molecule has 2 fully saturated rings. The van der Waals surface area contributed by atoms with Gasteiger partial charge in [-0.15, -0.1) is 0 Å². The zero-order valence-electron chi connectivity index (χ0n) is 11.2. The average molecular weight is 299 g/mol. The zero-order valence-corrected chi connectivity index (χ0v) is 12.0. The molecule has 1 N–H and O–H groups in total. The van der Waals surface area contributed by atoms with E-state index in [0.29, 0.717) is 31.5 Å². The van der Waals surface area contributed by atoms with Crippen LogP contribution < -0.4 is 10.2 Å². The van der Waals surface area contributed by atoms with Gasteiger partial charge in [0.25, 0.3) is 0 Å². The number of nitrogens with one attached hydrogen (secondary N) is 1. The molecule has 1 aliphatic heterocycles. The van der Waals surface area contributed by atoms with Crippen LogP contribution in [0.15, 0.2) is 12.3 Å². The highest BCUT2D eigenvalue weighted by atomic mass is 32.2. The summed E-state index contributed by atoms with van der Waals surface area (Å²) >= 11 is 0. The van der Waals surface area contributed by atoms with Crippen molar-refractivity contribution in [3.8, 4) is 0 Å². The van der Waals surface area contributed by atoms with Crippen LogP contribution in [0.25, 0.3) is 0 Å². The molecule has 1 saturated carbocycles. The SMILES string of the molecule is O=S1(=O)CCN(c2ncc(F)cc2CNC2CC2)CC1. The molecule has 1 saturated heterocycles. The van der Waals surface area contributed by atoms with Crippen LogP contribution in [0.3, 0.4) is 0 Å². The highest BCUT2D eigenvalue weighted by molar-refractivity contribution is 7.91. The number of halogens is 1. The lowest BCUT2D eigenvalue weighted by atomic mass is 10.2. The first kappa shape index (κ1) is 13.8. The molecule has 0 atom stereocenters. The number of anilines is 1. The van der Waals surface area contributed by atoms with Crippen molar-refractivity contribution in [2.75, 3.05) is 29.5 Å². The van der Waals surface area contributed by atoms with E-state index < -0.39 is 9.84 Å². The van der Waals surface area contributed by atoms with E-state index in [1.165, 1.54) is 25.1 Å². The van der Waals surface area contributed by atoms with E-state index in [9.17, 15) is 12.8 Å². The lowest BCUT2D eigenvalue weighted by Gasteiger charge is -2.29. The first-order valence-corrected chi connectivity index (χ1v) is 8.69. The van der Waals surface area contributed by atoms with Crippen molar-refractivity contribution < 1.29 is 12.8 Å². The molecule has 0 bridgehead atoms. The first-order chi connectivity index (χ1) is 9.53. The van der Waals surface area contributed by atoms with Crippen molar-refractivity contribution in [3.63, 3.8) is 0 Å². The monoisotopic (exact) mass is 299 g/mol. The summed E-state index contributed by atoms with van der Waals surface area (Å²) in [4.78, 5) is 6.10. The Kier molecular flexibility index (Phi) is 3.64. The molecule has 0 amide bonds. The summed E-state index contributed by atoms with van der Waals surface area (Å²) < 4.78 is 36.3. The Morgan fingerprint density at radius 1 is 1.35 bits per heavy atom. The number of aromatic nitrogens is 1. The van der Waals surface area contributed by atoms with E-state index in [4.69, 9.17) is 0 Å². The standard InChI is InChI=1S/C13H18FN3O2S/c14-11-7-10(8-15-12-1-2-12)13(16-9-11)17-3-5-20(18,19)6-4-17/h7,9,12,15H,1-6,8H2. The summed E-state index contributed by atoms with van der Waals surface area (Å²) in [5, 5.41) is 3.34. The van der Waals surface area contributed by atoms with Crippen LogP contribution in [0.5, 0.6) is 0 Å². The molecular formula is C13H18FN3O2S. The van der Waals surface area contributed by atoms with Gasteiger partial charge in [-0.3, -0.25) is 0 Å². The maximum atomic E-state index is 13.4. The van der Waals surface area contributed by atoms with E-state index in [1.807, 2.05) is 4.90 Å². The molecular weight excluding hydrogens is 281 g/mol. The molecule has 3 rings (SSSR count). The van der Waals surface area contributed by atoms with Crippen LogP contribution in [0.2, 0.25) is 0 Å². The summed E-state index contributed by atoms with van der Waals surface area (Å²) in [6, 6.07) is 2.02. The summed E-state index contributed by atoms with van der Waals surface area (Å²) in [7, 11) is -2.92. The van der Waals surface area contributed by atoms with Crippen LogP contribution in [0.1, 0.15) is 18.4 Å². The van der Waals surface area contributed by atoms with Crippen molar-refractivity contribution >= 4 is 15.7 Å². The van der Waals surface area contributed by atoms with Gasteiger partial charge in [-0.1, -0.05) is 0 Å². The Morgan fingerprint density at radius 3 is 2.70 bits per heavy atom. The van der Waals surface area contributed by atoms with E-state index >= 15 is 0 Å². The molecule has 0 radical (unpaired) electrons. The molecule has 1 aromatic rings. The molecule has 2 heterocycles. The van der Waals surface area contributed by atoms with Crippen molar-refractivity contribution in [3.05, 3.63) is 23.6 Å². The van der Waals surface area contributed by atoms with E-state index in [2.05, 4.69) is 10.3 Å². The zero-order chi connectivity index (χ0) is 14.2. The first-order valence-electron chi connectivity index (χ1n) is 6.87. The lowest BCUT2D eigenvalue weighted by molar-refractivity contribution is 0.584. The second kappa shape index (κ2) is 5.29. The van der Waals surface area contributed by atoms with Gasteiger partial charge in [0.15, 0.2) is 9.84 Å². The smallest absolute Gasteiger partial charge is 0.153 e.